The summed E-state index contributed by atoms with van der Waals surface area (Å²) in [5.74, 6) is 1.21. The highest BCUT2D eigenvalue weighted by Gasteiger charge is 2.31. The number of nitrogens with one attached hydrogen (secondary N) is 1. The predicted octanol–water partition coefficient (Wildman–Crippen LogP) is 2.96. The van der Waals surface area contributed by atoms with Crippen LogP contribution in [-0.2, 0) is 6.54 Å². The summed E-state index contributed by atoms with van der Waals surface area (Å²) in [7, 11) is 0. The van der Waals surface area contributed by atoms with Gasteiger partial charge in [-0.25, -0.2) is 0 Å². The molecule has 0 amide bonds. The highest BCUT2D eigenvalue weighted by Crippen LogP contribution is 2.31. The molecule has 1 aromatic carbocycles. The minimum atomic E-state index is 0.416. The van der Waals surface area contributed by atoms with Crippen molar-refractivity contribution in [1.82, 2.24) is 5.32 Å². The van der Waals surface area contributed by atoms with Crippen LogP contribution in [0.2, 0.25) is 0 Å². The van der Waals surface area contributed by atoms with Gasteiger partial charge in [-0.3, -0.25) is 0 Å². The van der Waals surface area contributed by atoms with Gasteiger partial charge in [0.1, 0.15) is 5.75 Å². The minimum absolute atomic E-state index is 0.416. The van der Waals surface area contributed by atoms with Gasteiger partial charge in [0.25, 0.3) is 0 Å². The lowest BCUT2D eigenvalue weighted by atomic mass is 10.1. The van der Waals surface area contributed by atoms with E-state index in [2.05, 4.69) is 28.2 Å². The van der Waals surface area contributed by atoms with Gasteiger partial charge in [0, 0.05) is 22.6 Å². The Morgan fingerprint density at radius 1 is 1.53 bits per heavy atom. The Balaban J connectivity index is 2.06. The number of rotatable bonds is 3. The van der Waals surface area contributed by atoms with E-state index in [1.807, 2.05) is 19.1 Å². The molecule has 0 aliphatic heterocycles. The van der Waals surface area contributed by atoms with E-state index in [0.717, 1.165) is 28.1 Å². The molecule has 0 spiro atoms. The molecule has 15 heavy (non-hydrogen) atoms. The van der Waals surface area contributed by atoms with Crippen molar-refractivity contribution in [3.8, 4) is 5.75 Å². The van der Waals surface area contributed by atoms with E-state index in [1.54, 1.807) is 0 Å². The van der Waals surface area contributed by atoms with Crippen LogP contribution in [0.1, 0.15) is 24.5 Å². The third kappa shape index (κ3) is 2.52. The zero-order chi connectivity index (χ0) is 11.0. The average Bonchev–Trinajstić information content (AvgIpc) is 2.86. The zero-order valence-electron chi connectivity index (χ0n) is 9.05. The number of hydrogen-bond donors (Lipinski definition) is 2. The van der Waals surface area contributed by atoms with Crippen molar-refractivity contribution in [2.75, 3.05) is 0 Å². The quantitative estimate of drug-likeness (QED) is 0.885. The molecular formula is C12H16BrNO. The normalized spacial score (nSPS) is 24.2. The number of aryl methyl sites for hydroxylation is 1. The summed E-state index contributed by atoms with van der Waals surface area (Å²) in [6.45, 7) is 4.91. The van der Waals surface area contributed by atoms with Gasteiger partial charge >= 0.3 is 0 Å². The maximum atomic E-state index is 9.86. The summed E-state index contributed by atoms with van der Waals surface area (Å²) in [5.41, 5.74) is 1.89. The molecule has 2 unspecified atom stereocenters. The molecule has 0 bridgehead atoms. The Bertz CT molecular complexity index is 378. The van der Waals surface area contributed by atoms with Gasteiger partial charge in [-0.05, 0) is 37.0 Å². The molecule has 1 aromatic rings. The van der Waals surface area contributed by atoms with E-state index in [4.69, 9.17) is 0 Å². The first-order chi connectivity index (χ1) is 7.08. The van der Waals surface area contributed by atoms with Gasteiger partial charge in [0.2, 0.25) is 0 Å². The Kier molecular flexibility index (Phi) is 3.03. The second kappa shape index (κ2) is 4.14. The first-order valence-electron chi connectivity index (χ1n) is 5.29. The molecule has 2 N–H and O–H groups in total. The minimum Gasteiger partial charge on any atom is -0.507 e. The SMILES string of the molecule is Cc1cc(Br)cc(CNC2CC2C)c1O. The van der Waals surface area contributed by atoms with Crippen molar-refractivity contribution in [3.05, 3.63) is 27.7 Å². The van der Waals surface area contributed by atoms with Crippen molar-refractivity contribution in [1.29, 1.82) is 0 Å². The fraction of sp³-hybridized carbons (Fsp3) is 0.500. The third-order valence-electron chi connectivity index (χ3n) is 3.01. The molecule has 0 saturated heterocycles. The summed E-state index contributed by atoms with van der Waals surface area (Å²) in [4.78, 5) is 0. The Morgan fingerprint density at radius 3 is 2.80 bits per heavy atom. The first kappa shape index (κ1) is 11.0. The summed E-state index contributed by atoms with van der Waals surface area (Å²) in [6.07, 6.45) is 1.26. The highest BCUT2D eigenvalue weighted by atomic mass is 79.9. The van der Waals surface area contributed by atoms with Crippen molar-refractivity contribution in [2.24, 2.45) is 5.92 Å². The van der Waals surface area contributed by atoms with E-state index >= 15 is 0 Å². The van der Waals surface area contributed by atoms with Gasteiger partial charge in [-0.1, -0.05) is 22.9 Å². The number of halogens is 1. The molecule has 1 saturated carbocycles. The molecule has 82 valence electrons. The Hall–Kier alpha value is -0.540. The second-order valence-electron chi connectivity index (χ2n) is 4.43. The van der Waals surface area contributed by atoms with Gasteiger partial charge in [-0.2, -0.15) is 0 Å². The first-order valence-corrected chi connectivity index (χ1v) is 6.08. The smallest absolute Gasteiger partial charge is 0.123 e. The van der Waals surface area contributed by atoms with Crippen molar-refractivity contribution >= 4 is 15.9 Å². The van der Waals surface area contributed by atoms with E-state index in [1.165, 1.54) is 6.42 Å². The molecular weight excluding hydrogens is 254 g/mol. The van der Waals surface area contributed by atoms with E-state index in [-0.39, 0.29) is 0 Å². The summed E-state index contributed by atoms with van der Waals surface area (Å²) < 4.78 is 1.03. The lowest BCUT2D eigenvalue weighted by Gasteiger charge is -2.09. The van der Waals surface area contributed by atoms with Crippen LogP contribution in [0.25, 0.3) is 0 Å². The molecule has 1 aliphatic rings. The number of phenols is 1. The number of hydrogen-bond acceptors (Lipinski definition) is 2. The number of aromatic hydroxyl groups is 1. The fourth-order valence-electron chi connectivity index (χ4n) is 1.79. The molecule has 1 fully saturated rings. The van der Waals surface area contributed by atoms with Gasteiger partial charge in [-0.15, -0.1) is 0 Å². The van der Waals surface area contributed by atoms with E-state index in [0.29, 0.717) is 11.8 Å². The summed E-state index contributed by atoms with van der Waals surface area (Å²) in [5, 5.41) is 13.3. The van der Waals surface area contributed by atoms with Crippen molar-refractivity contribution < 1.29 is 5.11 Å². The Morgan fingerprint density at radius 2 is 2.20 bits per heavy atom. The summed E-state index contributed by atoms with van der Waals surface area (Å²) >= 11 is 3.44. The van der Waals surface area contributed by atoms with E-state index < -0.39 is 0 Å². The highest BCUT2D eigenvalue weighted by molar-refractivity contribution is 9.10. The molecule has 0 radical (unpaired) electrons. The van der Waals surface area contributed by atoms with Crippen LogP contribution in [0.5, 0.6) is 5.75 Å². The molecule has 0 aromatic heterocycles. The molecule has 2 nitrogen and oxygen atoms in total. The molecule has 2 rings (SSSR count). The number of phenolic OH excluding ortho intramolecular Hbond substituents is 1. The van der Waals surface area contributed by atoms with Gasteiger partial charge in [0.05, 0.1) is 0 Å². The van der Waals surface area contributed by atoms with Crippen LogP contribution >= 0.6 is 15.9 Å². The third-order valence-corrected chi connectivity index (χ3v) is 3.47. The van der Waals surface area contributed by atoms with Gasteiger partial charge < -0.3 is 10.4 Å². The number of benzene rings is 1. The molecule has 1 aliphatic carbocycles. The zero-order valence-corrected chi connectivity index (χ0v) is 10.6. The van der Waals surface area contributed by atoms with Crippen LogP contribution in [0, 0.1) is 12.8 Å². The predicted molar refractivity (Wildman–Crippen MR) is 65.0 cm³/mol. The van der Waals surface area contributed by atoms with Crippen molar-refractivity contribution in [3.63, 3.8) is 0 Å². The van der Waals surface area contributed by atoms with Gasteiger partial charge in [0.15, 0.2) is 0 Å². The summed E-state index contributed by atoms with van der Waals surface area (Å²) in [6, 6.07) is 4.55. The average molecular weight is 270 g/mol. The van der Waals surface area contributed by atoms with Crippen LogP contribution in [0.4, 0.5) is 0 Å². The lowest BCUT2D eigenvalue weighted by molar-refractivity contribution is 0.459. The van der Waals surface area contributed by atoms with Crippen molar-refractivity contribution in [2.45, 2.75) is 32.9 Å². The van der Waals surface area contributed by atoms with Crippen LogP contribution < -0.4 is 5.32 Å². The fourth-order valence-corrected chi connectivity index (χ4v) is 2.41. The molecule has 0 heterocycles. The monoisotopic (exact) mass is 269 g/mol. The topological polar surface area (TPSA) is 32.3 Å². The molecule has 3 heteroatoms. The maximum absolute atomic E-state index is 9.86. The Labute approximate surface area is 98.8 Å². The largest absolute Gasteiger partial charge is 0.507 e. The van der Waals surface area contributed by atoms with Crippen LogP contribution in [0.3, 0.4) is 0 Å². The standard InChI is InChI=1S/C12H16BrNO/c1-7-4-11(7)14-6-9-5-10(13)3-8(2)12(9)15/h3,5,7,11,14-15H,4,6H2,1-2H3. The molecule has 2 atom stereocenters. The van der Waals surface area contributed by atoms with E-state index in [9.17, 15) is 5.11 Å². The lowest BCUT2D eigenvalue weighted by Crippen LogP contribution is -2.17. The second-order valence-corrected chi connectivity index (χ2v) is 5.35. The maximum Gasteiger partial charge on any atom is 0.123 e. The van der Waals surface area contributed by atoms with Crippen LogP contribution in [0.15, 0.2) is 16.6 Å². The van der Waals surface area contributed by atoms with Crippen LogP contribution in [-0.4, -0.2) is 11.1 Å².